The molecule has 2 aliphatic rings. The highest BCUT2D eigenvalue weighted by Crippen LogP contribution is 2.38. The van der Waals surface area contributed by atoms with Crippen molar-refractivity contribution >= 4 is 63.6 Å². The quantitative estimate of drug-likeness (QED) is 0.0770. The molecule has 71 heavy (non-hydrogen) atoms. The molecule has 0 unspecified atom stereocenters. The Morgan fingerprint density at radius 3 is 1.63 bits per heavy atom. The number of fused-ring (bicyclic) bond motifs is 2. The minimum absolute atomic E-state index is 0.0438. The number of nitrogens with one attached hydrogen (secondary N) is 2. The van der Waals surface area contributed by atoms with Gasteiger partial charge in [-0.05, 0) is 64.1 Å². The zero-order valence-electron chi connectivity index (χ0n) is 40.5. The molecule has 0 aliphatic carbocycles. The van der Waals surface area contributed by atoms with E-state index in [1.807, 2.05) is 27.7 Å². The van der Waals surface area contributed by atoms with Crippen LogP contribution in [0.3, 0.4) is 0 Å². The lowest BCUT2D eigenvalue weighted by atomic mass is 10.0. The number of carbonyl (C=O) groups is 2. The number of rotatable bonds is 12. The number of benzene rings is 2. The van der Waals surface area contributed by atoms with E-state index in [4.69, 9.17) is 49.4 Å². The number of amides is 2. The van der Waals surface area contributed by atoms with E-state index in [0.29, 0.717) is 81.1 Å². The van der Waals surface area contributed by atoms with Gasteiger partial charge in [0, 0.05) is 28.3 Å². The van der Waals surface area contributed by atoms with Crippen LogP contribution in [0.25, 0.3) is 9.69 Å². The van der Waals surface area contributed by atoms with E-state index in [9.17, 15) is 18.4 Å². The van der Waals surface area contributed by atoms with Crippen molar-refractivity contribution in [2.75, 3.05) is 58.9 Å². The number of ether oxygens (including phenoxy) is 4. The van der Waals surface area contributed by atoms with Gasteiger partial charge < -0.3 is 54.8 Å². The zero-order chi connectivity index (χ0) is 51.9. The lowest BCUT2D eigenvalue weighted by Crippen LogP contribution is -2.22. The maximum atomic E-state index is 14.2. The smallest absolute Gasteiger partial charge is 0.296 e. The predicted molar refractivity (Wildman–Crippen MR) is 261 cm³/mol. The molecule has 22 heteroatoms. The van der Waals surface area contributed by atoms with Gasteiger partial charge in [-0.2, -0.15) is 0 Å². The summed E-state index contributed by atoms with van der Waals surface area (Å²) in [6, 6.07) is 12.3. The van der Waals surface area contributed by atoms with E-state index < -0.39 is 22.8 Å². The second-order valence-electron chi connectivity index (χ2n) is 16.8. The van der Waals surface area contributed by atoms with Gasteiger partial charge in [0.05, 0.1) is 120 Å². The molecule has 2 aromatic carbocycles. The topological polar surface area (TPSA) is 214 Å². The Kier molecular flexibility index (Phi) is 16.0. The SMILES string of the molecule is COc1c(F)cccc1Nc1cc(Cl)nc2c1C(=O)N(C)C2.[C-]#[N+]c1nc(Cc2cc(Nc3cccc(F)c3OC)c3c(n2)CN(C)C3=O)cnc1C(C)(C)OC.[C-]#[N+]c1nc(N)cnc1C(C)(C)OC. The van der Waals surface area contributed by atoms with E-state index >= 15 is 0 Å². The molecule has 0 saturated carbocycles. The van der Waals surface area contributed by atoms with Crippen LogP contribution in [0.15, 0.2) is 60.9 Å². The van der Waals surface area contributed by atoms with Crippen LogP contribution in [0.4, 0.5) is 49.0 Å². The summed E-state index contributed by atoms with van der Waals surface area (Å²) in [6.07, 6.45) is 3.30. The Bertz CT molecular complexity index is 3110. The number of hydrogen-bond acceptors (Lipinski definition) is 15. The molecule has 4 aromatic heterocycles. The molecule has 8 rings (SSSR count). The van der Waals surface area contributed by atoms with Crippen LogP contribution in [0.2, 0.25) is 5.15 Å². The molecule has 0 atom stereocenters. The van der Waals surface area contributed by atoms with E-state index in [-0.39, 0.29) is 52.3 Å². The number of carbonyl (C=O) groups excluding carboxylic acids is 2. The van der Waals surface area contributed by atoms with Gasteiger partial charge in [-0.15, -0.1) is 4.98 Å². The minimum atomic E-state index is -0.761. The highest BCUT2D eigenvalue weighted by atomic mass is 35.5. The van der Waals surface area contributed by atoms with Gasteiger partial charge in [-0.25, -0.2) is 13.8 Å². The van der Waals surface area contributed by atoms with Gasteiger partial charge >= 0.3 is 0 Å². The monoisotopic (exact) mass is 989 g/mol. The zero-order valence-corrected chi connectivity index (χ0v) is 41.3. The standard InChI is InChI=1S/C25H25FN6O3.C15H13ClFN3O2.C9H12N4O/c1-25(2,35-6)22-23(27-3)30-15(12-28-22)10-14-11-18(20-19(29-14)13-32(4)24(20)33)31-17-9-7-8-16(26)21(17)34-5;1-20-7-11-13(15(20)21)10(6-12(16)19-11)18-9-5-3-4-8(17)14(9)22-2;1-9(2,14-4)7-8(11-3)13-6(10)5-12-7/h7-9,11-12H,10,13H2,1-2,4-6H3,(H,29,31);3-6H,7H2,1-2H3,(H,18,19);5H,1-2,4H3,(H2,10,13). The lowest BCUT2D eigenvalue weighted by molar-refractivity contribution is 0.0158. The lowest BCUT2D eigenvalue weighted by Gasteiger charge is -2.22. The maximum absolute atomic E-state index is 14.2. The first-order valence-electron chi connectivity index (χ1n) is 21.5. The molecule has 0 radical (unpaired) electrons. The third kappa shape index (κ3) is 11.3. The van der Waals surface area contributed by atoms with Gasteiger partial charge in [0.2, 0.25) is 5.82 Å². The number of nitrogen functional groups attached to an aromatic ring is 1. The first kappa shape index (κ1) is 52.3. The molecule has 6 heterocycles. The highest BCUT2D eigenvalue weighted by molar-refractivity contribution is 6.30. The maximum Gasteiger partial charge on any atom is 0.296 e. The summed E-state index contributed by atoms with van der Waals surface area (Å²) in [7, 11) is 9.26. The number of anilines is 5. The highest BCUT2D eigenvalue weighted by Gasteiger charge is 2.33. The first-order valence-corrected chi connectivity index (χ1v) is 21.8. The Hall–Kier alpha value is -8.11. The van der Waals surface area contributed by atoms with Gasteiger partial charge in [-0.3, -0.25) is 24.5 Å². The number of methoxy groups -OCH3 is 4. The van der Waals surface area contributed by atoms with Crippen LogP contribution in [0.1, 0.15) is 82.6 Å². The third-order valence-corrected chi connectivity index (χ3v) is 11.5. The normalized spacial score (nSPS) is 12.7. The third-order valence-electron chi connectivity index (χ3n) is 11.3. The Morgan fingerprint density at radius 1 is 0.690 bits per heavy atom. The van der Waals surface area contributed by atoms with E-state index in [1.54, 1.807) is 80.7 Å². The number of nitrogens with zero attached hydrogens (tertiary/aromatic N) is 10. The van der Waals surface area contributed by atoms with Gasteiger partial charge in [0.15, 0.2) is 28.8 Å². The summed E-state index contributed by atoms with van der Waals surface area (Å²) in [6.45, 7) is 22.5. The fraction of sp³-hybridized carbons (Fsp3) is 0.306. The molecule has 0 saturated heterocycles. The van der Waals surface area contributed by atoms with Gasteiger partial charge in [0.25, 0.3) is 23.5 Å². The Labute approximate surface area is 414 Å². The molecule has 19 nitrogen and oxygen atoms in total. The summed E-state index contributed by atoms with van der Waals surface area (Å²) in [5, 5.41) is 6.43. The molecule has 4 N–H and O–H groups in total. The van der Waals surface area contributed by atoms with E-state index in [0.717, 1.165) is 0 Å². The molecular formula is C49H50ClF2N13O6. The fourth-order valence-corrected chi connectivity index (χ4v) is 7.60. The number of aromatic nitrogens is 6. The van der Waals surface area contributed by atoms with Crippen molar-refractivity contribution in [2.24, 2.45) is 0 Å². The van der Waals surface area contributed by atoms with Crippen molar-refractivity contribution in [2.45, 2.75) is 58.4 Å². The number of nitrogens with two attached hydrogens (primary N) is 1. The molecule has 368 valence electrons. The average Bonchev–Trinajstić information content (AvgIpc) is 3.79. The van der Waals surface area contributed by atoms with Crippen LogP contribution < -0.4 is 25.8 Å². The molecular weight excluding hydrogens is 940 g/mol. The molecule has 2 aliphatic heterocycles. The van der Waals surface area contributed by atoms with E-state index in [2.05, 4.69) is 50.2 Å². The van der Waals surface area contributed by atoms with Crippen molar-refractivity contribution in [3.63, 3.8) is 0 Å². The number of para-hydroxylation sites is 2. The second-order valence-corrected chi connectivity index (χ2v) is 17.2. The Balaban J connectivity index is 0.000000194. The van der Waals surface area contributed by atoms with Crippen LogP contribution in [-0.2, 0) is 40.2 Å². The van der Waals surface area contributed by atoms with Crippen LogP contribution in [0, 0.1) is 24.8 Å². The van der Waals surface area contributed by atoms with E-state index in [1.165, 1.54) is 32.5 Å². The predicted octanol–water partition coefficient (Wildman–Crippen LogP) is 9.07. The Morgan fingerprint density at radius 2 is 1.15 bits per heavy atom. The van der Waals surface area contributed by atoms with Crippen molar-refractivity contribution < 1.29 is 37.3 Å². The summed E-state index contributed by atoms with van der Waals surface area (Å²) < 4.78 is 49.0. The van der Waals surface area contributed by atoms with Crippen LogP contribution >= 0.6 is 11.6 Å². The van der Waals surface area contributed by atoms with Crippen molar-refractivity contribution in [3.8, 4) is 11.5 Å². The summed E-state index contributed by atoms with van der Waals surface area (Å²) in [5.74, 6) is -0.641. The fourth-order valence-electron chi connectivity index (χ4n) is 7.38. The molecule has 0 spiro atoms. The summed E-state index contributed by atoms with van der Waals surface area (Å²) >= 11 is 6.01. The molecule has 0 fully saturated rings. The van der Waals surface area contributed by atoms with Crippen molar-refractivity contribution in [1.82, 2.24) is 39.7 Å². The second kappa shape index (κ2) is 21.7. The largest absolute Gasteiger partial charge is 0.492 e. The van der Waals surface area contributed by atoms with Crippen molar-refractivity contribution in [3.05, 3.63) is 146 Å². The first-order chi connectivity index (χ1) is 33.7. The molecule has 0 bridgehead atoms. The minimum Gasteiger partial charge on any atom is -0.492 e. The molecule has 2 amide bonds. The van der Waals surface area contributed by atoms with Crippen LogP contribution in [0.5, 0.6) is 11.5 Å². The average molecular weight is 990 g/mol. The van der Waals surface area contributed by atoms with Crippen LogP contribution in [-0.4, -0.2) is 94.1 Å². The summed E-state index contributed by atoms with van der Waals surface area (Å²) in [4.78, 5) is 60.7. The number of pyridine rings is 2. The number of hydrogen-bond donors (Lipinski definition) is 3. The van der Waals surface area contributed by atoms with Gasteiger partial charge in [0.1, 0.15) is 5.15 Å². The van der Waals surface area contributed by atoms with Gasteiger partial charge in [-0.1, -0.05) is 41.9 Å². The van der Waals surface area contributed by atoms with Crippen molar-refractivity contribution in [1.29, 1.82) is 0 Å². The summed E-state index contributed by atoms with van der Waals surface area (Å²) in [5.41, 5.74) is 9.99. The number of halogens is 3. The molecule has 6 aromatic rings.